The molecule has 1 aliphatic rings. The molecular weight excluding hydrogens is 246 g/mol. The van der Waals surface area contributed by atoms with Gasteiger partial charge in [0.25, 0.3) is 0 Å². The molecule has 98 valence electrons. The number of hydrogen-bond donors (Lipinski definition) is 1. The SMILES string of the molecule is COC(=O)c1ccc(CSC2CCNCC2)cc1. The standard InChI is InChI=1S/C14H19NO2S/c1-17-14(16)12-4-2-11(3-5-12)10-18-13-6-8-15-9-7-13/h2-5,13,15H,6-10H2,1H3. The Balaban J connectivity index is 1.84. The van der Waals surface area contributed by atoms with E-state index in [1.165, 1.54) is 25.5 Å². The fourth-order valence-electron chi connectivity index (χ4n) is 2.03. The van der Waals surface area contributed by atoms with Crippen molar-refractivity contribution in [3.05, 3.63) is 35.4 Å². The highest BCUT2D eigenvalue weighted by molar-refractivity contribution is 7.99. The monoisotopic (exact) mass is 265 g/mol. The highest BCUT2D eigenvalue weighted by atomic mass is 32.2. The van der Waals surface area contributed by atoms with Crippen molar-refractivity contribution in [2.24, 2.45) is 0 Å². The van der Waals surface area contributed by atoms with Crippen molar-refractivity contribution in [1.29, 1.82) is 0 Å². The molecule has 4 heteroatoms. The number of ether oxygens (including phenoxy) is 1. The molecule has 0 saturated carbocycles. The van der Waals surface area contributed by atoms with Gasteiger partial charge in [-0.15, -0.1) is 0 Å². The van der Waals surface area contributed by atoms with Gasteiger partial charge in [-0.05, 0) is 43.6 Å². The Kier molecular flexibility index (Phi) is 5.08. The molecule has 0 spiro atoms. The number of rotatable bonds is 4. The fraction of sp³-hybridized carbons (Fsp3) is 0.500. The molecule has 0 radical (unpaired) electrons. The van der Waals surface area contributed by atoms with E-state index in [-0.39, 0.29) is 5.97 Å². The molecule has 18 heavy (non-hydrogen) atoms. The van der Waals surface area contributed by atoms with E-state index < -0.39 is 0 Å². The van der Waals surface area contributed by atoms with Gasteiger partial charge in [0.1, 0.15) is 0 Å². The van der Waals surface area contributed by atoms with E-state index in [9.17, 15) is 4.79 Å². The Bertz CT molecular complexity index is 385. The van der Waals surface area contributed by atoms with E-state index in [0.29, 0.717) is 5.56 Å². The van der Waals surface area contributed by atoms with Gasteiger partial charge >= 0.3 is 5.97 Å². The Morgan fingerprint density at radius 3 is 2.61 bits per heavy atom. The average Bonchev–Trinajstić information content (AvgIpc) is 2.46. The minimum absolute atomic E-state index is 0.271. The Morgan fingerprint density at radius 2 is 2.00 bits per heavy atom. The highest BCUT2D eigenvalue weighted by Crippen LogP contribution is 2.24. The fourth-order valence-corrected chi connectivity index (χ4v) is 3.22. The quantitative estimate of drug-likeness (QED) is 0.849. The number of carbonyl (C=O) groups excluding carboxylic acids is 1. The number of nitrogens with one attached hydrogen (secondary N) is 1. The number of thioether (sulfide) groups is 1. The van der Waals surface area contributed by atoms with E-state index in [4.69, 9.17) is 0 Å². The molecule has 0 unspecified atom stereocenters. The van der Waals surface area contributed by atoms with Gasteiger partial charge in [-0.2, -0.15) is 11.8 Å². The first-order valence-corrected chi connectivity index (χ1v) is 7.34. The van der Waals surface area contributed by atoms with Crippen LogP contribution in [0.4, 0.5) is 0 Å². The van der Waals surface area contributed by atoms with Crippen LogP contribution in [0.1, 0.15) is 28.8 Å². The second-order valence-electron chi connectivity index (χ2n) is 4.45. The molecular formula is C14H19NO2S. The molecule has 1 aliphatic heterocycles. The van der Waals surface area contributed by atoms with Crippen molar-refractivity contribution < 1.29 is 9.53 Å². The van der Waals surface area contributed by atoms with Gasteiger partial charge in [0.2, 0.25) is 0 Å². The van der Waals surface area contributed by atoms with E-state index in [1.807, 2.05) is 36.0 Å². The van der Waals surface area contributed by atoms with Crippen LogP contribution >= 0.6 is 11.8 Å². The van der Waals surface area contributed by atoms with Crippen molar-refractivity contribution >= 4 is 17.7 Å². The minimum atomic E-state index is -0.271. The molecule has 0 aliphatic carbocycles. The zero-order valence-electron chi connectivity index (χ0n) is 10.6. The molecule has 0 amide bonds. The van der Waals surface area contributed by atoms with E-state index in [2.05, 4.69) is 10.1 Å². The maximum atomic E-state index is 11.3. The summed E-state index contributed by atoms with van der Waals surface area (Å²) in [7, 11) is 1.41. The molecule has 0 atom stereocenters. The lowest BCUT2D eigenvalue weighted by atomic mass is 10.1. The van der Waals surface area contributed by atoms with E-state index >= 15 is 0 Å². The summed E-state index contributed by atoms with van der Waals surface area (Å²) in [4.78, 5) is 11.3. The van der Waals surface area contributed by atoms with Gasteiger partial charge in [0.05, 0.1) is 12.7 Å². The molecule has 1 saturated heterocycles. The van der Waals surface area contributed by atoms with Crippen molar-refractivity contribution in [1.82, 2.24) is 5.32 Å². The zero-order valence-corrected chi connectivity index (χ0v) is 11.5. The van der Waals surface area contributed by atoms with Crippen LogP contribution in [-0.2, 0) is 10.5 Å². The van der Waals surface area contributed by atoms with Crippen molar-refractivity contribution in [3.63, 3.8) is 0 Å². The van der Waals surface area contributed by atoms with Crippen molar-refractivity contribution in [3.8, 4) is 0 Å². The number of carbonyl (C=O) groups is 1. The third-order valence-corrected chi connectivity index (χ3v) is 4.59. The molecule has 3 nitrogen and oxygen atoms in total. The van der Waals surface area contributed by atoms with E-state index in [0.717, 1.165) is 24.1 Å². The first kappa shape index (κ1) is 13.4. The Hall–Kier alpha value is -1.00. The molecule has 1 fully saturated rings. The molecule has 1 aromatic carbocycles. The van der Waals surface area contributed by atoms with Crippen molar-refractivity contribution in [2.75, 3.05) is 20.2 Å². The predicted octanol–water partition coefficient (Wildman–Crippen LogP) is 2.46. The Morgan fingerprint density at radius 1 is 1.33 bits per heavy atom. The zero-order chi connectivity index (χ0) is 12.8. The predicted molar refractivity (Wildman–Crippen MR) is 75.0 cm³/mol. The second-order valence-corrected chi connectivity index (χ2v) is 5.74. The number of benzene rings is 1. The van der Waals surface area contributed by atoms with Crippen LogP contribution in [0.5, 0.6) is 0 Å². The van der Waals surface area contributed by atoms with Crippen LogP contribution in [-0.4, -0.2) is 31.4 Å². The normalized spacial score (nSPS) is 16.5. The van der Waals surface area contributed by atoms with E-state index in [1.54, 1.807) is 0 Å². The van der Waals surface area contributed by atoms with Gasteiger partial charge in [-0.1, -0.05) is 12.1 Å². The Labute approximate surface area is 112 Å². The summed E-state index contributed by atoms with van der Waals surface area (Å²) in [6.45, 7) is 2.28. The van der Waals surface area contributed by atoms with Crippen LogP contribution in [0.25, 0.3) is 0 Å². The van der Waals surface area contributed by atoms with Gasteiger partial charge < -0.3 is 10.1 Å². The number of methoxy groups -OCH3 is 1. The molecule has 1 N–H and O–H groups in total. The molecule has 0 aromatic heterocycles. The number of piperidine rings is 1. The number of esters is 1. The van der Waals surface area contributed by atoms with Gasteiger partial charge in [0, 0.05) is 11.0 Å². The first-order chi connectivity index (χ1) is 8.79. The third-order valence-electron chi connectivity index (χ3n) is 3.15. The van der Waals surface area contributed by atoms with Gasteiger partial charge in [-0.25, -0.2) is 4.79 Å². The van der Waals surface area contributed by atoms with Crippen LogP contribution in [0.2, 0.25) is 0 Å². The summed E-state index contributed by atoms with van der Waals surface area (Å²) in [5, 5.41) is 4.14. The lowest BCUT2D eigenvalue weighted by Gasteiger charge is -2.22. The van der Waals surface area contributed by atoms with Gasteiger partial charge in [0.15, 0.2) is 0 Å². The first-order valence-electron chi connectivity index (χ1n) is 6.29. The molecule has 0 bridgehead atoms. The summed E-state index contributed by atoms with van der Waals surface area (Å²) in [6.07, 6.45) is 2.51. The summed E-state index contributed by atoms with van der Waals surface area (Å²) >= 11 is 2.01. The lowest BCUT2D eigenvalue weighted by Crippen LogP contribution is -2.29. The molecule has 1 heterocycles. The highest BCUT2D eigenvalue weighted by Gasteiger charge is 2.13. The largest absolute Gasteiger partial charge is 0.465 e. The molecule has 1 aromatic rings. The smallest absolute Gasteiger partial charge is 0.337 e. The van der Waals surface area contributed by atoms with Crippen LogP contribution < -0.4 is 5.32 Å². The van der Waals surface area contributed by atoms with Crippen LogP contribution in [0.3, 0.4) is 0 Å². The van der Waals surface area contributed by atoms with Crippen LogP contribution in [0.15, 0.2) is 24.3 Å². The summed E-state index contributed by atoms with van der Waals surface area (Å²) in [5.41, 5.74) is 1.89. The topological polar surface area (TPSA) is 38.3 Å². The van der Waals surface area contributed by atoms with Crippen LogP contribution in [0, 0.1) is 0 Å². The average molecular weight is 265 g/mol. The minimum Gasteiger partial charge on any atom is -0.465 e. The maximum Gasteiger partial charge on any atom is 0.337 e. The maximum absolute atomic E-state index is 11.3. The lowest BCUT2D eigenvalue weighted by molar-refractivity contribution is 0.0600. The summed E-state index contributed by atoms with van der Waals surface area (Å²) < 4.78 is 4.68. The second kappa shape index (κ2) is 6.81. The summed E-state index contributed by atoms with van der Waals surface area (Å²) in [5.74, 6) is 0.749. The summed E-state index contributed by atoms with van der Waals surface area (Å²) in [6, 6.07) is 7.70. The third kappa shape index (κ3) is 3.75. The number of hydrogen-bond acceptors (Lipinski definition) is 4. The van der Waals surface area contributed by atoms with Gasteiger partial charge in [-0.3, -0.25) is 0 Å². The van der Waals surface area contributed by atoms with Crippen molar-refractivity contribution in [2.45, 2.75) is 23.8 Å². The molecule has 2 rings (SSSR count).